The number of unbranched alkanes of at least 4 members (excludes halogenated alkanes) is 1. The molecular formula is C31H40ClNO5. The van der Waals surface area contributed by atoms with E-state index in [0.29, 0.717) is 42.0 Å². The molecule has 0 aliphatic rings. The number of hydrogen-bond donors (Lipinski definition) is 1. The molecule has 0 saturated carbocycles. The van der Waals surface area contributed by atoms with E-state index in [1.165, 1.54) is 0 Å². The van der Waals surface area contributed by atoms with Gasteiger partial charge in [-0.15, -0.1) is 0 Å². The van der Waals surface area contributed by atoms with Crippen LogP contribution in [0, 0.1) is 0 Å². The van der Waals surface area contributed by atoms with Gasteiger partial charge in [-0.25, -0.2) is 0 Å². The van der Waals surface area contributed by atoms with Gasteiger partial charge >= 0.3 is 0 Å². The molecule has 1 N–H and O–H groups in total. The van der Waals surface area contributed by atoms with Crippen LogP contribution in [0.5, 0.6) is 23.0 Å². The Hall–Kier alpha value is -2.93. The Kier molecular flexibility index (Phi) is 11.6. The molecule has 0 fully saturated rings. The Morgan fingerprint density at radius 2 is 1.50 bits per heavy atom. The van der Waals surface area contributed by atoms with Gasteiger partial charge in [0.1, 0.15) is 0 Å². The zero-order chi connectivity index (χ0) is 27.5. The van der Waals surface area contributed by atoms with E-state index in [2.05, 4.69) is 30.9 Å². The molecule has 0 radical (unpaired) electrons. The number of aliphatic hydroxyl groups is 1. The Bertz CT molecular complexity index is 1150. The zero-order valence-corrected chi connectivity index (χ0v) is 23.8. The molecule has 206 valence electrons. The predicted octanol–water partition coefficient (Wildman–Crippen LogP) is 6.71. The fourth-order valence-electron chi connectivity index (χ4n) is 4.41. The van der Waals surface area contributed by atoms with E-state index in [0.717, 1.165) is 41.7 Å². The summed E-state index contributed by atoms with van der Waals surface area (Å²) in [7, 11) is 4.93. The van der Waals surface area contributed by atoms with Crippen LogP contribution >= 0.6 is 11.6 Å². The summed E-state index contributed by atoms with van der Waals surface area (Å²) in [6.45, 7) is 6.02. The molecule has 0 amide bonds. The number of methoxy groups -OCH3 is 3. The second-order valence-corrected chi connectivity index (χ2v) is 9.87. The first-order valence-corrected chi connectivity index (χ1v) is 13.4. The number of aliphatic hydroxyl groups excluding tert-OH is 1. The normalized spacial score (nSPS) is 12.7. The topological polar surface area (TPSA) is 60.4 Å². The Morgan fingerprint density at radius 3 is 2.18 bits per heavy atom. The highest BCUT2D eigenvalue weighted by atomic mass is 35.5. The summed E-state index contributed by atoms with van der Waals surface area (Å²) in [6.07, 6.45) is 2.13. The molecule has 0 aromatic heterocycles. The third kappa shape index (κ3) is 8.29. The molecule has 0 bridgehead atoms. The SMILES string of the molecule is CCCCOc1ccc(CN(C[C@H](O)c2cccc(Cl)c2)C(C)Cc2ccc(OC)c(OC)c2)cc1OC. The Balaban J connectivity index is 1.84. The molecule has 3 aromatic carbocycles. The number of nitrogens with zero attached hydrogens (tertiary/aromatic N) is 1. The van der Waals surface area contributed by atoms with Crippen molar-refractivity contribution < 1.29 is 24.1 Å². The van der Waals surface area contributed by atoms with Gasteiger partial charge in [0.05, 0.1) is 34.0 Å². The third-order valence-corrected chi connectivity index (χ3v) is 6.85. The van der Waals surface area contributed by atoms with Gasteiger partial charge in [0, 0.05) is 24.2 Å². The van der Waals surface area contributed by atoms with E-state index in [9.17, 15) is 5.11 Å². The summed E-state index contributed by atoms with van der Waals surface area (Å²) < 4.78 is 22.4. The van der Waals surface area contributed by atoms with Gasteiger partial charge in [-0.1, -0.05) is 49.2 Å². The second-order valence-electron chi connectivity index (χ2n) is 9.43. The van der Waals surface area contributed by atoms with Crippen molar-refractivity contribution in [3.63, 3.8) is 0 Å². The lowest BCUT2D eigenvalue weighted by Gasteiger charge is -2.32. The number of rotatable bonds is 15. The molecule has 7 heteroatoms. The molecular weight excluding hydrogens is 502 g/mol. The van der Waals surface area contributed by atoms with Crippen molar-refractivity contribution in [3.8, 4) is 23.0 Å². The highest BCUT2D eigenvalue weighted by Crippen LogP contribution is 2.31. The first kappa shape index (κ1) is 29.6. The van der Waals surface area contributed by atoms with Gasteiger partial charge in [-0.05, 0) is 72.9 Å². The van der Waals surface area contributed by atoms with Crippen LogP contribution in [0.4, 0.5) is 0 Å². The molecule has 0 aliphatic heterocycles. The first-order chi connectivity index (χ1) is 18.4. The molecule has 1 unspecified atom stereocenters. The standard InChI is InChI=1S/C31H40ClNO5/c1-6-7-15-38-29-14-12-24(18-31(29)37-5)20-33(21-27(34)25-9-8-10-26(32)19-25)22(2)16-23-11-13-28(35-3)30(17-23)36-4/h8-14,17-19,22,27,34H,6-7,15-16,20-21H2,1-5H3/t22?,27-/m0/s1. The smallest absolute Gasteiger partial charge is 0.161 e. The summed E-state index contributed by atoms with van der Waals surface area (Å²) in [4.78, 5) is 2.27. The van der Waals surface area contributed by atoms with Crippen LogP contribution in [0.15, 0.2) is 60.7 Å². The fraction of sp³-hybridized carbons (Fsp3) is 0.419. The maximum atomic E-state index is 11.1. The molecule has 3 rings (SSSR count). The fourth-order valence-corrected chi connectivity index (χ4v) is 4.61. The van der Waals surface area contributed by atoms with E-state index >= 15 is 0 Å². The predicted molar refractivity (Wildman–Crippen MR) is 153 cm³/mol. The van der Waals surface area contributed by atoms with E-state index < -0.39 is 6.10 Å². The summed E-state index contributed by atoms with van der Waals surface area (Å²) >= 11 is 6.20. The lowest BCUT2D eigenvalue weighted by Crippen LogP contribution is -2.37. The van der Waals surface area contributed by atoms with Gasteiger partial charge in [0.15, 0.2) is 23.0 Å². The lowest BCUT2D eigenvalue weighted by molar-refractivity contribution is 0.0858. The van der Waals surface area contributed by atoms with Crippen molar-refractivity contribution in [2.45, 2.75) is 51.8 Å². The van der Waals surface area contributed by atoms with Crippen LogP contribution in [0.2, 0.25) is 5.02 Å². The lowest BCUT2D eigenvalue weighted by atomic mass is 10.0. The Morgan fingerprint density at radius 1 is 0.842 bits per heavy atom. The van der Waals surface area contributed by atoms with Crippen LogP contribution in [0.3, 0.4) is 0 Å². The molecule has 0 spiro atoms. The summed E-state index contributed by atoms with van der Waals surface area (Å²) in [5, 5.41) is 11.7. The quantitative estimate of drug-likeness (QED) is 0.216. The molecule has 6 nitrogen and oxygen atoms in total. The highest BCUT2D eigenvalue weighted by Gasteiger charge is 2.21. The van der Waals surface area contributed by atoms with Crippen LogP contribution in [0.25, 0.3) is 0 Å². The third-order valence-electron chi connectivity index (χ3n) is 6.61. The van der Waals surface area contributed by atoms with Gasteiger partial charge in [0.2, 0.25) is 0 Å². The molecule has 0 heterocycles. The Labute approximate surface area is 232 Å². The largest absolute Gasteiger partial charge is 0.493 e. The van der Waals surface area contributed by atoms with Gasteiger partial charge in [-0.2, -0.15) is 0 Å². The van der Waals surface area contributed by atoms with E-state index in [-0.39, 0.29) is 6.04 Å². The van der Waals surface area contributed by atoms with Crippen molar-refractivity contribution >= 4 is 11.6 Å². The molecule has 0 saturated heterocycles. The summed E-state index contributed by atoms with van der Waals surface area (Å²) in [6, 6.07) is 19.5. The van der Waals surface area contributed by atoms with Crippen LogP contribution in [-0.2, 0) is 13.0 Å². The van der Waals surface area contributed by atoms with Crippen LogP contribution < -0.4 is 18.9 Å². The monoisotopic (exact) mass is 541 g/mol. The second kappa shape index (κ2) is 14.9. The first-order valence-electron chi connectivity index (χ1n) is 13.1. The van der Waals surface area contributed by atoms with Gasteiger partial charge < -0.3 is 24.1 Å². The number of hydrogen-bond acceptors (Lipinski definition) is 6. The van der Waals surface area contributed by atoms with Crippen LogP contribution in [-0.4, -0.2) is 50.5 Å². The van der Waals surface area contributed by atoms with Gasteiger partial charge in [0.25, 0.3) is 0 Å². The minimum Gasteiger partial charge on any atom is -0.493 e. The average molecular weight is 542 g/mol. The summed E-state index contributed by atoms with van der Waals surface area (Å²) in [5.41, 5.74) is 2.98. The number of benzene rings is 3. The summed E-state index contributed by atoms with van der Waals surface area (Å²) in [5.74, 6) is 2.85. The minimum absolute atomic E-state index is 0.105. The maximum Gasteiger partial charge on any atom is 0.161 e. The highest BCUT2D eigenvalue weighted by molar-refractivity contribution is 6.30. The van der Waals surface area contributed by atoms with Crippen molar-refractivity contribution in [1.29, 1.82) is 0 Å². The van der Waals surface area contributed by atoms with Crippen LogP contribution in [0.1, 0.15) is 49.5 Å². The number of halogens is 1. The number of ether oxygens (including phenoxy) is 4. The maximum absolute atomic E-state index is 11.1. The molecule has 3 aromatic rings. The van der Waals surface area contributed by atoms with Crippen molar-refractivity contribution in [2.24, 2.45) is 0 Å². The average Bonchev–Trinajstić information content (AvgIpc) is 2.93. The molecule has 2 atom stereocenters. The van der Waals surface area contributed by atoms with Crippen molar-refractivity contribution in [3.05, 3.63) is 82.4 Å². The molecule has 0 aliphatic carbocycles. The van der Waals surface area contributed by atoms with Gasteiger partial charge in [-0.3, -0.25) is 4.90 Å². The zero-order valence-electron chi connectivity index (χ0n) is 23.1. The minimum atomic E-state index is -0.694. The van der Waals surface area contributed by atoms with Crippen molar-refractivity contribution in [1.82, 2.24) is 4.90 Å². The van der Waals surface area contributed by atoms with Crippen molar-refractivity contribution in [2.75, 3.05) is 34.5 Å². The van der Waals surface area contributed by atoms with E-state index in [4.69, 9.17) is 30.5 Å². The van der Waals surface area contributed by atoms with E-state index in [1.807, 2.05) is 48.5 Å². The molecule has 38 heavy (non-hydrogen) atoms. The van der Waals surface area contributed by atoms with E-state index in [1.54, 1.807) is 21.3 Å².